The molecule has 0 saturated heterocycles. The van der Waals surface area contributed by atoms with Gasteiger partial charge in [-0.15, -0.1) is 0 Å². The van der Waals surface area contributed by atoms with Crippen LogP contribution in [0.15, 0.2) is 22.7 Å². The Morgan fingerprint density at radius 3 is 2.50 bits per heavy atom. The van der Waals surface area contributed by atoms with E-state index in [0.29, 0.717) is 10.2 Å². The van der Waals surface area contributed by atoms with Crippen molar-refractivity contribution < 1.29 is 14.7 Å². The average Bonchev–Trinajstić information content (AvgIpc) is 2.39. The maximum Gasteiger partial charge on any atom is 0.335 e. The molecule has 0 fully saturated rings. The number of carboxylic acid groups (broad SMARTS) is 1. The Hall–Kier alpha value is -1.56. The van der Waals surface area contributed by atoms with Gasteiger partial charge in [-0.1, -0.05) is 6.92 Å². The number of urea groups is 1. The largest absolute Gasteiger partial charge is 0.478 e. The molecule has 0 aliphatic heterocycles. The minimum atomic E-state index is -1.03. The van der Waals surface area contributed by atoms with Gasteiger partial charge in [-0.25, -0.2) is 9.59 Å². The van der Waals surface area contributed by atoms with Gasteiger partial charge in [0.15, 0.2) is 0 Å². The molecule has 0 atom stereocenters. The summed E-state index contributed by atoms with van der Waals surface area (Å²) >= 11 is 3.30. The van der Waals surface area contributed by atoms with Gasteiger partial charge in [0.2, 0.25) is 0 Å². The lowest BCUT2D eigenvalue weighted by atomic mass is 10.0. The predicted molar refractivity (Wildman–Crippen MR) is 82.3 cm³/mol. The predicted octanol–water partition coefficient (Wildman–Crippen LogP) is 3.80. The first-order chi connectivity index (χ1) is 9.19. The third-order valence-electron chi connectivity index (χ3n) is 3.53. The van der Waals surface area contributed by atoms with E-state index in [1.807, 2.05) is 20.8 Å². The van der Waals surface area contributed by atoms with Gasteiger partial charge in [0.05, 0.1) is 11.3 Å². The highest BCUT2D eigenvalue weighted by Crippen LogP contribution is 2.25. The van der Waals surface area contributed by atoms with Crippen LogP contribution in [0.3, 0.4) is 0 Å². The number of hydrogen-bond donors (Lipinski definition) is 2. The van der Waals surface area contributed by atoms with Crippen molar-refractivity contribution in [1.82, 2.24) is 4.90 Å². The zero-order valence-corrected chi connectivity index (χ0v) is 13.6. The standard InChI is InChI=1S/C14H19BrN2O3/c1-5-14(2,3)17(4)13(20)16-11-8-9(12(18)19)6-7-10(11)15/h6-8H,5H2,1-4H3,(H,16,20)(H,18,19). The number of carbonyl (C=O) groups is 2. The quantitative estimate of drug-likeness (QED) is 0.874. The van der Waals surface area contributed by atoms with Gasteiger partial charge >= 0.3 is 12.0 Å². The summed E-state index contributed by atoms with van der Waals surface area (Å²) in [5.41, 5.74) is 0.288. The third kappa shape index (κ3) is 3.72. The lowest BCUT2D eigenvalue weighted by Gasteiger charge is -2.34. The van der Waals surface area contributed by atoms with E-state index in [2.05, 4.69) is 21.2 Å². The Morgan fingerprint density at radius 2 is 2.00 bits per heavy atom. The van der Waals surface area contributed by atoms with Crippen molar-refractivity contribution in [2.24, 2.45) is 0 Å². The Morgan fingerprint density at radius 1 is 1.40 bits per heavy atom. The number of carboxylic acids is 1. The van der Waals surface area contributed by atoms with Crippen LogP contribution < -0.4 is 5.32 Å². The molecule has 2 amide bonds. The van der Waals surface area contributed by atoms with E-state index in [0.717, 1.165) is 6.42 Å². The fraction of sp³-hybridized carbons (Fsp3) is 0.429. The summed E-state index contributed by atoms with van der Waals surface area (Å²) in [6.07, 6.45) is 0.813. The number of carbonyl (C=O) groups excluding carboxylic acids is 1. The second-order valence-electron chi connectivity index (χ2n) is 5.15. The summed E-state index contributed by atoms with van der Waals surface area (Å²) in [7, 11) is 1.72. The molecular formula is C14H19BrN2O3. The van der Waals surface area contributed by atoms with E-state index >= 15 is 0 Å². The van der Waals surface area contributed by atoms with Crippen LogP contribution in [0.5, 0.6) is 0 Å². The van der Waals surface area contributed by atoms with E-state index in [-0.39, 0.29) is 17.1 Å². The summed E-state index contributed by atoms with van der Waals surface area (Å²) in [5, 5.41) is 11.7. The SMILES string of the molecule is CCC(C)(C)N(C)C(=O)Nc1cc(C(=O)O)ccc1Br. The Balaban J connectivity index is 2.96. The van der Waals surface area contributed by atoms with E-state index in [1.165, 1.54) is 12.1 Å². The van der Waals surface area contributed by atoms with Crippen LogP contribution >= 0.6 is 15.9 Å². The van der Waals surface area contributed by atoms with Crippen LogP contribution in [0.4, 0.5) is 10.5 Å². The van der Waals surface area contributed by atoms with Crippen LogP contribution in [0, 0.1) is 0 Å². The van der Waals surface area contributed by atoms with Gasteiger partial charge in [0.1, 0.15) is 0 Å². The number of rotatable bonds is 4. The zero-order valence-electron chi connectivity index (χ0n) is 12.0. The topological polar surface area (TPSA) is 69.6 Å². The highest BCUT2D eigenvalue weighted by molar-refractivity contribution is 9.10. The lowest BCUT2D eigenvalue weighted by molar-refractivity contribution is 0.0697. The van der Waals surface area contributed by atoms with Crippen LogP contribution in [-0.4, -0.2) is 34.6 Å². The molecule has 1 rings (SSSR count). The molecule has 6 heteroatoms. The molecule has 0 aliphatic rings. The maximum atomic E-state index is 12.2. The summed E-state index contributed by atoms with van der Waals surface area (Å²) < 4.78 is 0.638. The molecule has 110 valence electrons. The van der Waals surface area contributed by atoms with Crippen LogP contribution in [0.1, 0.15) is 37.6 Å². The fourth-order valence-electron chi connectivity index (χ4n) is 1.47. The molecular weight excluding hydrogens is 324 g/mol. The van der Waals surface area contributed by atoms with Gasteiger partial charge in [0, 0.05) is 17.1 Å². The molecule has 2 N–H and O–H groups in total. The third-order valence-corrected chi connectivity index (χ3v) is 4.22. The summed E-state index contributed by atoms with van der Waals surface area (Å²) in [6, 6.07) is 4.23. The Labute approximate surface area is 127 Å². The van der Waals surface area contributed by atoms with Crippen molar-refractivity contribution in [3.63, 3.8) is 0 Å². The molecule has 0 bridgehead atoms. The summed E-state index contributed by atoms with van der Waals surface area (Å²) in [4.78, 5) is 24.8. The molecule has 0 radical (unpaired) electrons. The Bertz CT molecular complexity index is 529. The molecule has 20 heavy (non-hydrogen) atoms. The number of amides is 2. The maximum absolute atomic E-state index is 12.2. The van der Waals surface area contributed by atoms with Crippen molar-refractivity contribution in [2.75, 3.05) is 12.4 Å². The second-order valence-corrected chi connectivity index (χ2v) is 6.01. The van der Waals surface area contributed by atoms with Crippen LogP contribution in [0.2, 0.25) is 0 Å². The summed E-state index contributed by atoms with van der Waals surface area (Å²) in [5.74, 6) is -1.03. The van der Waals surface area contributed by atoms with E-state index in [9.17, 15) is 9.59 Å². The number of halogens is 1. The monoisotopic (exact) mass is 342 g/mol. The van der Waals surface area contributed by atoms with Crippen molar-refractivity contribution >= 4 is 33.6 Å². The molecule has 0 aliphatic carbocycles. The highest BCUT2D eigenvalue weighted by atomic mass is 79.9. The van der Waals surface area contributed by atoms with Gasteiger partial charge in [-0.05, 0) is 54.4 Å². The normalized spacial score (nSPS) is 11.1. The number of anilines is 1. The van der Waals surface area contributed by atoms with Crippen molar-refractivity contribution in [3.05, 3.63) is 28.2 Å². The first kappa shape index (κ1) is 16.5. The van der Waals surface area contributed by atoms with Gasteiger partial charge in [0.25, 0.3) is 0 Å². The molecule has 1 aromatic carbocycles. The number of aromatic carboxylic acids is 1. The second kappa shape index (κ2) is 6.26. The number of nitrogens with one attached hydrogen (secondary N) is 1. The first-order valence-corrected chi connectivity index (χ1v) is 7.06. The number of benzene rings is 1. The van der Waals surface area contributed by atoms with E-state index in [4.69, 9.17) is 5.11 Å². The first-order valence-electron chi connectivity index (χ1n) is 6.26. The zero-order chi connectivity index (χ0) is 15.5. The van der Waals surface area contributed by atoms with Gasteiger partial charge in [-0.2, -0.15) is 0 Å². The lowest BCUT2D eigenvalue weighted by Crippen LogP contribution is -2.46. The van der Waals surface area contributed by atoms with Crippen LogP contribution in [-0.2, 0) is 0 Å². The number of nitrogens with zero attached hydrogens (tertiary/aromatic N) is 1. The van der Waals surface area contributed by atoms with E-state index < -0.39 is 5.97 Å². The molecule has 5 nitrogen and oxygen atoms in total. The number of hydrogen-bond acceptors (Lipinski definition) is 2. The molecule has 0 unspecified atom stereocenters. The average molecular weight is 343 g/mol. The molecule has 0 saturated carbocycles. The van der Waals surface area contributed by atoms with Crippen molar-refractivity contribution in [2.45, 2.75) is 32.7 Å². The van der Waals surface area contributed by atoms with Gasteiger partial charge < -0.3 is 15.3 Å². The smallest absolute Gasteiger partial charge is 0.335 e. The van der Waals surface area contributed by atoms with Crippen molar-refractivity contribution in [3.8, 4) is 0 Å². The van der Waals surface area contributed by atoms with Crippen LogP contribution in [0.25, 0.3) is 0 Å². The molecule has 0 aromatic heterocycles. The Kier molecular flexibility index (Phi) is 5.16. The molecule has 0 spiro atoms. The minimum absolute atomic E-state index is 0.126. The van der Waals surface area contributed by atoms with Gasteiger partial charge in [-0.3, -0.25) is 0 Å². The molecule has 0 heterocycles. The minimum Gasteiger partial charge on any atom is -0.478 e. The highest BCUT2D eigenvalue weighted by Gasteiger charge is 2.26. The van der Waals surface area contributed by atoms with E-state index in [1.54, 1.807) is 18.0 Å². The van der Waals surface area contributed by atoms with Crippen molar-refractivity contribution in [1.29, 1.82) is 0 Å². The summed E-state index contributed by atoms with van der Waals surface area (Å²) in [6.45, 7) is 5.94. The molecule has 1 aromatic rings. The fourth-order valence-corrected chi connectivity index (χ4v) is 1.81.